The normalized spacial score (nSPS) is 15.0. The molecule has 0 radical (unpaired) electrons. The quantitative estimate of drug-likeness (QED) is 0.345. The van der Waals surface area contributed by atoms with Crippen LogP contribution in [0.5, 0.6) is 5.75 Å². The van der Waals surface area contributed by atoms with Crippen molar-refractivity contribution in [2.75, 3.05) is 26.8 Å². The van der Waals surface area contributed by atoms with Crippen LogP contribution in [0.4, 0.5) is 0 Å². The molecule has 8 heteroatoms. The van der Waals surface area contributed by atoms with Gasteiger partial charge in [-0.25, -0.2) is 9.69 Å². The van der Waals surface area contributed by atoms with Gasteiger partial charge in [-0.15, -0.1) is 0 Å². The van der Waals surface area contributed by atoms with Crippen molar-refractivity contribution in [1.82, 2.24) is 20.1 Å². The van der Waals surface area contributed by atoms with Gasteiger partial charge >= 0.3 is 0 Å². The summed E-state index contributed by atoms with van der Waals surface area (Å²) in [7, 11) is 1.63. The fourth-order valence-electron chi connectivity index (χ4n) is 4.47. The number of carbonyl (C=O) groups is 1. The van der Waals surface area contributed by atoms with Gasteiger partial charge in [0.15, 0.2) is 0 Å². The van der Waals surface area contributed by atoms with Crippen LogP contribution in [-0.2, 0) is 4.79 Å². The number of nitrogens with zero attached hydrogens (tertiary/aromatic N) is 4. The topological polar surface area (TPSA) is 92.0 Å². The van der Waals surface area contributed by atoms with Crippen LogP contribution in [0.2, 0.25) is 0 Å². The number of nitrogens with one attached hydrogen (secondary N) is 1. The summed E-state index contributed by atoms with van der Waals surface area (Å²) in [6.07, 6.45) is 2.51. The Morgan fingerprint density at radius 2 is 1.81 bits per heavy atom. The lowest BCUT2D eigenvalue weighted by Gasteiger charge is -2.22. The van der Waals surface area contributed by atoms with Gasteiger partial charge in [0.05, 0.1) is 37.7 Å². The second-order valence-electron chi connectivity index (χ2n) is 8.72. The number of ether oxygens (including phenoxy) is 1. The summed E-state index contributed by atoms with van der Waals surface area (Å²) in [5, 5.41) is 23.4. The van der Waals surface area contributed by atoms with Crippen molar-refractivity contribution in [2.45, 2.75) is 12.5 Å². The fraction of sp³-hybridized carbons (Fsp3) is 0.207. The molecular weight excluding hydrogens is 466 g/mol. The van der Waals surface area contributed by atoms with Gasteiger partial charge < -0.3 is 15.2 Å². The van der Waals surface area contributed by atoms with E-state index in [1.807, 2.05) is 95.8 Å². The minimum atomic E-state index is -0.294. The Kier molecular flexibility index (Phi) is 7.39. The Morgan fingerprint density at radius 3 is 2.54 bits per heavy atom. The van der Waals surface area contributed by atoms with E-state index < -0.39 is 0 Å². The van der Waals surface area contributed by atoms with Gasteiger partial charge in [-0.1, -0.05) is 60.7 Å². The Labute approximate surface area is 215 Å². The van der Waals surface area contributed by atoms with Crippen molar-refractivity contribution in [3.05, 3.63) is 102 Å². The molecular formula is C29H29N5O3. The second kappa shape index (κ2) is 11.2. The average Bonchev–Trinajstić information content (AvgIpc) is 3.60. The fourth-order valence-corrected chi connectivity index (χ4v) is 4.47. The molecule has 8 nitrogen and oxygen atoms in total. The van der Waals surface area contributed by atoms with Crippen LogP contribution < -0.4 is 10.1 Å². The van der Waals surface area contributed by atoms with Gasteiger partial charge in [0.1, 0.15) is 11.4 Å². The summed E-state index contributed by atoms with van der Waals surface area (Å²) in [5.41, 5.74) is 5.31. The number of aromatic nitrogens is 2. The summed E-state index contributed by atoms with van der Waals surface area (Å²) < 4.78 is 7.29. The molecule has 1 aromatic heterocycles. The highest BCUT2D eigenvalue weighted by molar-refractivity contribution is 6.07. The van der Waals surface area contributed by atoms with Crippen molar-refractivity contribution < 1.29 is 14.6 Å². The number of hydrogen-bond donors (Lipinski definition) is 2. The highest BCUT2D eigenvalue weighted by Gasteiger charge is 2.34. The minimum Gasteiger partial charge on any atom is -0.497 e. The average molecular weight is 496 g/mol. The Hall–Kier alpha value is -4.27. The smallest absolute Gasteiger partial charge is 0.257 e. The number of methoxy groups -OCH3 is 1. The van der Waals surface area contributed by atoms with Crippen molar-refractivity contribution in [3.8, 4) is 22.7 Å². The van der Waals surface area contributed by atoms with E-state index in [9.17, 15) is 4.79 Å². The molecule has 2 heterocycles. The molecule has 0 saturated carbocycles. The maximum Gasteiger partial charge on any atom is 0.257 e. The van der Waals surface area contributed by atoms with Gasteiger partial charge in [-0.3, -0.25) is 4.79 Å². The third kappa shape index (κ3) is 5.30. The summed E-state index contributed by atoms with van der Waals surface area (Å²) in [5.74, 6) is 0.548. The molecule has 1 aliphatic rings. The minimum absolute atomic E-state index is 0.0415. The number of aliphatic hydroxyl groups is 1. The van der Waals surface area contributed by atoms with Crippen LogP contribution in [0, 0.1) is 0 Å². The van der Waals surface area contributed by atoms with E-state index in [1.54, 1.807) is 12.1 Å². The van der Waals surface area contributed by atoms with Gasteiger partial charge in [0, 0.05) is 30.3 Å². The van der Waals surface area contributed by atoms with Crippen LogP contribution in [0.1, 0.15) is 23.6 Å². The lowest BCUT2D eigenvalue weighted by atomic mass is 9.97. The predicted octanol–water partition coefficient (Wildman–Crippen LogP) is 3.81. The third-order valence-electron chi connectivity index (χ3n) is 6.30. The Balaban J connectivity index is 1.57. The van der Waals surface area contributed by atoms with Crippen molar-refractivity contribution in [3.63, 3.8) is 0 Å². The molecule has 1 aliphatic heterocycles. The largest absolute Gasteiger partial charge is 0.497 e. The monoisotopic (exact) mass is 495 g/mol. The molecule has 0 fully saturated rings. The van der Waals surface area contributed by atoms with Gasteiger partial charge in [0.2, 0.25) is 0 Å². The number of para-hydroxylation sites is 1. The lowest BCUT2D eigenvalue weighted by molar-refractivity contribution is -0.132. The Bertz CT molecular complexity index is 1390. The molecule has 5 rings (SSSR count). The molecule has 37 heavy (non-hydrogen) atoms. The molecule has 188 valence electrons. The van der Waals surface area contributed by atoms with Crippen LogP contribution in [-0.4, -0.2) is 58.3 Å². The van der Waals surface area contributed by atoms with Crippen molar-refractivity contribution in [2.24, 2.45) is 5.10 Å². The van der Waals surface area contributed by atoms with Crippen LogP contribution in [0.25, 0.3) is 16.9 Å². The predicted molar refractivity (Wildman–Crippen MR) is 143 cm³/mol. The molecule has 2 N–H and O–H groups in total. The first-order chi connectivity index (χ1) is 18.2. The molecule has 4 aromatic rings. The first-order valence-electron chi connectivity index (χ1n) is 12.2. The molecule has 0 saturated heterocycles. The van der Waals surface area contributed by atoms with Crippen molar-refractivity contribution >= 4 is 11.6 Å². The molecule has 1 atom stereocenters. The summed E-state index contributed by atoms with van der Waals surface area (Å²) in [6, 6.07) is 27.4. The van der Waals surface area contributed by atoms with E-state index in [2.05, 4.69) is 5.32 Å². The maximum atomic E-state index is 13.2. The van der Waals surface area contributed by atoms with E-state index >= 15 is 0 Å². The van der Waals surface area contributed by atoms with E-state index in [1.165, 1.54) is 0 Å². The van der Waals surface area contributed by atoms with Gasteiger partial charge in [-0.05, 0) is 29.8 Å². The number of hydrazone groups is 1. The van der Waals surface area contributed by atoms with Crippen LogP contribution in [0.3, 0.4) is 0 Å². The first-order valence-corrected chi connectivity index (χ1v) is 12.2. The van der Waals surface area contributed by atoms with E-state index in [-0.39, 0.29) is 25.1 Å². The zero-order valence-corrected chi connectivity index (χ0v) is 20.6. The number of aliphatic hydroxyl groups excluding tert-OH is 1. The number of carbonyl (C=O) groups excluding carboxylic acids is 1. The molecule has 1 amide bonds. The van der Waals surface area contributed by atoms with Crippen LogP contribution in [0.15, 0.2) is 96.2 Å². The Morgan fingerprint density at radius 1 is 1.05 bits per heavy atom. The van der Waals surface area contributed by atoms with E-state index in [4.69, 9.17) is 20.0 Å². The summed E-state index contributed by atoms with van der Waals surface area (Å²) in [6.45, 7) is 0.370. The first kappa shape index (κ1) is 24.4. The standard InChI is InChI=1S/C29H29N5O3/c1-37-24-14-8-11-22(17-24)27-18-26(31-34(27)28(36)19-30-15-16-35)25-20-33(23-12-6-3-7-13-23)32-29(25)21-9-4-2-5-10-21/h2-14,17,20,27,30,35H,15-16,18-19H2,1H3. The van der Waals surface area contributed by atoms with Gasteiger partial charge in [-0.2, -0.15) is 10.2 Å². The highest BCUT2D eigenvalue weighted by Crippen LogP contribution is 2.36. The second-order valence-corrected chi connectivity index (χ2v) is 8.72. The van der Waals surface area contributed by atoms with Crippen LogP contribution >= 0.6 is 0 Å². The highest BCUT2D eigenvalue weighted by atomic mass is 16.5. The molecule has 1 unspecified atom stereocenters. The zero-order chi connectivity index (χ0) is 25.6. The van der Waals surface area contributed by atoms with E-state index in [0.717, 1.165) is 39.5 Å². The zero-order valence-electron chi connectivity index (χ0n) is 20.6. The molecule has 0 bridgehead atoms. The third-order valence-corrected chi connectivity index (χ3v) is 6.30. The molecule has 0 aliphatic carbocycles. The van der Waals surface area contributed by atoms with E-state index in [0.29, 0.717) is 13.0 Å². The number of benzene rings is 3. The molecule has 0 spiro atoms. The maximum absolute atomic E-state index is 13.2. The van der Waals surface area contributed by atoms with Gasteiger partial charge in [0.25, 0.3) is 5.91 Å². The number of rotatable bonds is 9. The number of hydrogen-bond acceptors (Lipinski definition) is 6. The summed E-state index contributed by atoms with van der Waals surface area (Å²) >= 11 is 0. The SMILES string of the molecule is COc1cccc(C2CC(c3cn(-c4ccccc4)nc3-c3ccccc3)=NN2C(=O)CNCCO)c1. The number of amides is 1. The van der Waals surface area contributed by atoms with Crippen molar-refractivity contribution in [1.29, 1.82) is 0 Å². The lowest BCUT2D eigenvalue weighted by Crippen LogP contribution is -2.36. The summed E-state index contributed by atoms with van der Waals surface area (Å²) in [4.78, 5) is 13.2. The molecule has 3 aromatic carbocycles.